The Hall–Kier alpha value is -1.08. The molecule has 1 atom stereocenters. The van der Waals surface area contributed by atoms with Crippen LogP contribution in [-0.4, -0.2) is 43.4 Å². The van der Waals surface area contributed by atoms with E-state index in [9.17, 15) is 9.59 Å². The molecule has 0 saturated heterocycles. The molecule has 0 heterocycles. The molecule has 0 spiro atoms. The molecular weight excluding hydrogens is 268 g/mol. The molecule has 0 aromatic heterocycles. The van der Waals surface area contributed by atoms with Gasteiger partial charge in [-0.2, -0.15) is 0 Å². The lowest BCUT2D eigenvalue weighted by Gasteiger charge is -2.11. The molecule has 0 saturated carbocycles. The van der Waals surface area contributed by atoms with Crippen LogP contribution in [0.3, 0.4) is 0 Å². The summed E-state index contributed by atoms with van der Waals surface area (Å²) in [7, 11) is 1.26. The van der Waals surface area contributed by atoms with Gasteiger partial charge in [0.1, 0.15) is 0 Å². The normalized spacial score (nSPS) is 11.6. The van der Waals surface area contributed by atoms with Crippen molar-refractivity contribution in [3.8, 4) is 0 Å². The Morgan fingerprint density at radius 1 is 1.53 bits per heavy atom. The highest BCUT2D eigenvalue weighted by Crippen LogP contribution is 1.96. The van der Waals surface area contributed by atoms with Crippen LogP contribution in [0.1, 0.15) is 0 Å². The van der Waals surface area contributed by atoms with E-state index < -0.39 is 18.1 Å². The maximum Gasteiger partial charge on any atom is 0.334 e. The lowest BCUT2D eigenvalue weighted by molar-refractivity contribution is -0.147. The number of halogens is 1. The van der Waals surface area contributed by atoms with Crippen LogP contribution in [0, 0.1) is 0 Å². The zero-order chi connectivity index (χ0) is 11.8. The van der Waals surface area contributed by atoms with Crippen molar-refractivity contribution < 1.29 is 19.4 Å². The number of hydrogen-bond acceptors (Lipinski definition) is 3. The number of aliphatic carboxylic acids is 1. The van der Waals surface area contributed by atoms with Crippen LogP contribution in [0.2, 0.25) is 0 Å². The van der Waals surface area contributed by atoms with Crippen molar-refractivity contribution >= 4 is 27.9 Å². The number of nitrogens with one attached hydrogen (secondary N) is 2. The summed E-state index contributed by atoms with van der Waals surface area (Å²) in [6.07, 6.45) is -1.04. The highest BCUT2D eigenvalue weighted by molar-refractivity contribution is 9.11. The summed E-state index contributed by atoms with van der Waals surface area (Å²) in [5, 5.41) is 13.4. The van der Waals surface area contributed by atoms with Crippen LogP contribution < -0.4 is 10.6 Å². The first-order valence-electron chi connectivity index (χ1n) is 4.08. The summed E-state index contributed by atoms with van der Waals surface area (Å²) in [5.74, 6) is -1.12. The molecule has 0 radical (unpaired) electrons. The van der Waals surface area contributed by atoms with Crippen molar-refractivity contribution in [3.05, 3.63) is 11.1 Å². The molecule has 15 heavy (non-hydrogen) atoms. The second-order valence-electron chi connectivity index (χ2n) is 2.64. The van der Waals surface area contributed by atoms with Gasteiger partial charge in [0.05, 0.1) is 13.1 Å². The Morgan fingerprint density at radius 3 is 2.53 bits per heavy atom. The van der Waals surface area contributed by atoms with E-state index in [0.717, 1.165) is 0 Å². The molecule has 1 unspecified atom stereocenters. The number of hydrogen-bond donors (Lipinski definition) is 3. The third-order valence-electron chi connectivity index (χ3n) is 1.45. The van der Waals surface area contributed by atoms with E-state index in [1.807, 2.05) is 0 Å². The van der Waals surface area contributed by atoms with E-state index >= 15 is 0 Å². The number of carbonyl (C=O) groups is 2. The number of rotatable bonds is 6. The highest BCUT2D eigenvalue weighted by atomic mass is 79.9. The summed E-state index contributed by atoms with van der Waals surface area (Å²) in [6, 6.07) is -0.473. The molecule has 3 N–H and O–H groups in total. The van der Waals surface area contributed by atoms with E-state index in [2.05, 4.69) is 37.9 Å². The largest absolute Gasteiger partial charge is 0.479 e. The van der Waals surface area contributed by atoms with Gasteiger partial charge in [-0.1, -0.05) is 22.5 Å². The molecule has 0 rings (SSSR count). The molecule has 0 aromatic carbocycles. The minimum atomic E-state index is -1.12. The summed E-state index contributed by atoms with van der Waals surface area (Å²) in [6.45, 7) is 3.71. The number of carbonyl (C=O) groups excluding carboxylic acids is 1. The van der Waals surface area contributed by atoms with Crippen molar-refractivity contribution in [2.24, 2.45) is 0 Å². The minimum Gasteiger partial charge on any atom is -0.479 e. The predicted octanol–water partition coefficient (Wildman–Crippen LogP) is 0.294. The first kappa shape index (κ1) is 13.9. The first-order chi connectivity index (χ1) is 6.97. The van der Waals surface area contributed by atoms with Crippen molar-refractivity contribution in [1.82, 2.24) is 10.6 Å². The molecule has 7 heteroatoms. The average Bonchev–Trinajstić information content (AvgIpc) is 2.15. The molecule has 0 aromatic rings. The van der Waals surface area contributed by atoms with Crippen LogP contribution in [0.15, 0.2) is 11.1 Å². The van der Waals surface area contributed by atoms with Gasteiger partial charge < -0.3 is 20.5 Å². The second kappa shape index (κ2) is 7.24. The van der Waals surface area contributed by atoms with Crippen molar-refractivity contribution in [1.29, 1.82) is 0 Å². The first-order valence-corrected chi connectivity index (χ1v) is 4.87. The SMILES string of the molecule is C=C(Br)CNC(=O)NCC(OC)C(=O)O. The van der Waals surface area contributed by atoms with Crippen LogP contribution in [0.4, 0.5) is 4.79 Å². The van der Waals surface area contributed by atoms with Gasteiger partial charge in [-0.15, -0.1) is 0 Å². The van der Waals surface area contributed by atoms with Crippen molar-refractivity contribution in [2.45, 2.75) is 6.10 Å². The lowest BCUT2D eigenvalue weighted by Crippen LogP contribution is -2.43. The third-order valence-corrected chi connectivity index (χ3v) is 1.73. The topological polar surface area (TPSA) is 87.7 Å². The Bertz CT molecular complexity index is 257. The molecule has 2 amide bonds. The molecule has 0 aliphatic carbocycles. The van der Waals surface area contributed by atoms with Crippen LogP contribution in [0.25, 0.3) is 0 Å². The molecule has 0 aliphatic rings. The Balaban J connectivity index is 3.78. The molecule has 6 nitrogen and oxygen atoms in total. The van der Waals surface area contributed by atoms with E-state index in [4.69, 9.17) is 5.11 Å². The van der Waals surface area contributed by atoms with Gasteiger partial charge in [-0.3, -0.25) is 0 Å². The fraction of sp³-hybridized carbons (Fsp3) is 0.500. The summed E-state index contributed by atoms with van der Waals surface area (Å²) >= 11 is 3.06. The maximum atomic E-state index is 11.1. The van der Waals surface area contributed by atoms with Crippen molar-refractivity contribution in [3.63, 3.8) is 0 Å². The number of carboxylic acids is 1. The zero-order valence-electron chi connectivity index (χ0n) is 8.25. The Morgan fingerprint density at radius 2 is 2.13 bits per heavy atom. The number of ether oxygens (including phenoxy) is 1. The quantitative estimate of drug-likeness (QED) is 0.653. The fourth-order valence-corrected chi connectivity index (χ4v) is 0.836. The monoisotopic (exact) mass is 280 g/mol. The van der Waals surface area contributed by atoms with Crippen LogP contribution in [-0.2, 0) is 9.53 Å². The summed E-state index contributed by atoms with van der Waals surface area (Å²) in [5.41, 5.74) is 0. The molecular formula is C8H13BrN2O4. The van der Waals surface area contributed by atoms with E-state index in [-0.39, 0.29) is 13.1 Å². The van der Waals surface area contributed by atoms with Gasteiger partial charge in [0.25, 0.3) is 0 Å². The zero-order valence-corrected chi connectivity index (χ0v) is 9.83. The van der Waals surface area contributed by atoms with Gasteiger partial charge >= 0.3 is 12.0 Å². The van der Waals surface area contributed by atoms with Gasteiger partial charge in [0.2, 0.25) is 0 Å². The predicted molar refractivity (Wildman–Crippen MR) is 57.9 cm³/mol. The lowest BCUT2D eigenvalue weighted by atomic mass is 10.3. The maximum absolute atomic E-state index is 11.1. The Kier molecular flexibility index (Phi) is 6.72. The van der Waals surface area contributed by atoms with Gasteiger partial charge in [-0.05, 0) is 0 Å². The summed E-state index contributed by atoms with van der Waals surface area (Å²) < 4.78 is 5.24. The van der Waals surface area contributed by atoms with Crippen molar-refractivity contribution in [2.75, 3.05) is 20.2 Å². The van der Waals surface area contributed by atoms with Gasteiger partial charge in [-0.25, -0.2) is 9.59 Å². The third kappa shape index (κ3) is 6.92. The van der Waals surface area contributed by atoms with E-state index in [1.165, 1.54) is 7.11 Å². The molecule has 0 bridgehead atoms. The Labute approximate surface area is 95.8 Å². The number of carboxylic acid groups (broad SMARTS) is 1. The molecule has 0 aliphatic heterocycles. The molecule has 0 fully saturated rings. The molecule has 86 valence electrons. The number of amides is 2. The second-order valence-corrected chi connectivity index (χ2v) is 3.76. The van der Waals surface area contributed by atoms with Crippen LogP contribution >= 0.6 is 15.9 Å². The fourth-order valence-electron chi connectivity index (χ4n) is 0.696. The average molecular weight is 281 g/mol. The van der Waals surface area contributed by atoms with Crippen LogP contribution in [0.5, 0.6) is 0 Å². The smallest absolute Gasteiger partial charge is 0.334 e. The van der Waals surface area contributed by atoms with E-state index in [0.29, 0.717) is 4.48 Å². The number of urea groups is 1. The summed E-state index contributed by atoms with van der Waals surface area (Å²) in [4.78, 5) is 21.5. The van der Waals surface area contributed by atoms with Gasteiger partial charge in [0, 0.05) is 11.6 Å². The number of methoxy groups -OCH3 is 1. The van der Waals surface area contributed by atoms with E-state index in [1.54, 1.807) is 0 Å². The van der Waals surface area contributed by atoms with Gasteiger partial charge in [0.15, 0.2) is 6.10 Å². The standard InChI is InChI=1S/C8H13BrN2O4/c1-5(9)3-10-8(14)11-4-6(15-2)7(12)13/h6H,1,3-4H2,2H3,(H,12,13)(H2,10,11,14). The minimum absolute atomic E-state index is 0.0908. The highest BCUT2D eigenvalue weighted by Gasteiger charge is 2.16.